The fourth-order valence-electron chi connectivity index (χ4n) is 2.33. The molecule has 0 aliphatic heterocycles. The van der Waals surface area contributed by atoms with Gasteiger partial charge in [-0.05, 0) is 38.0 Å². The van der Waals surface area contributed by atoms with E-state index >= 15 is 0 Å². The number of methoxy groups -OCH3 is 1. The van der Waals surface area contributed by atoms with Crippen LogP contribution in [-0.2, 0) is 20.7 Å². The summed E-state index contributed by atoms with van der Waals surface area (Å²) < 4.78 is 10.5. The van der Waals surface area contributed by atoms with Crippen molar-refractivity contribution in [2.24, 2.45) is 0 Å². The molecule has 0 radical (unpaired) electrons. The number of aryl methyl sites for hydroxylation is 2. The van der Waals surface area contributed by atoms with Gasteiger partial charge in [-0.1, -0.05) is 41.4 Å². The number of benzene rings is 2. The Morgan fingerprint density at radius 2 is 1.81 bits per heavy atom. The van der Waals surface area contributed by atoms with Crippen LogP contribution in [0.15, 0.2) is 36.4 Å². The summed E-state index contributed by atoms with van der Waals surface area (Å²) in [5, 5.41) is 3.25. The van der Waals surface area contributed by atoms with Crippen LogP contribution in [-0.4, -0.2) is 25.1 Å². The normalized spacial score (nSPS) is 11.6. The minimum Gasteiger partial charge on any atom is -0.495 e. The number of halogens is 1. The van der Waals surface area contributed by atoms with E-state index < -0.39 is 18.0 Å². The first-order valence-corrected chi connectivity index (χ1v) is 8.58. The molecule has 1 N–H and O–H groups in total. The molecular formula is C20H22ClNO4. The maximum absolute atomic E-state index is 12.3. The maximum Gasteiger partial charge on any atom is 0.311 e. The third-order valence-electron chi connectivity index (χ3n) is 3.89. The van der Waals surface area contributed by atoms with Crippen molar-refractivity contribution in [3.8, 4) is 5.75 Å². The molecule has 26 heavy (non-hydrogen) atoms. The molecule has 0 aliphatic carbocycles. The third kappa shape index (κ3) is 5.23. The minimum absolute atomic E-state index is 0.112. The smallest absolute Gasteiger partial charge is 0.311 e. The Labute approximate surface area is 158 Å². The summed E-state index contributed by atoms with van der Waals surface area (Å²) in [6.07, 6.45) is -0.824. The highest BCUT2D eigenvalue weighted by Crippen LogP contribution is 2.31. The second-order valence-corrected chi connectivity index (χ2v) is 6.49. The third-order valence-corrected chi connectivity index (χ3v) is 4.29. The molecule has 0 fully saturated rings. The number of carbonyl (C=O) groups excluding carboxylic acids is 2. The largest absolute Gasteiger partial charge is 0.495 e. The summed E-state index contributed by atoms with van der Waals surface area (Å²) in [5.74, 6) is -0.467. The van der Waals surface area contributed by atoms with Gasteiger partial charge in [0.1, 0.15) is 5.75 Å². The first-order valence-electron chi connectivity index (χ1n) is 8.20. The van der Waals surface area contributed by atoms with Crippen LogP contribution >= 0.6 is 11.6 Å². The first-order chi connectivity index (χ1) is 12.3. The van der Waals surface area contributed by atoms with E-state index in [-0.39, 0.29) is 6.42 Å². The number of hydrogen-bond acceptors (Lipinski definition) is 4. The molecule has 0 unspecified atom stereocenters. The molecule has 1 atom stereocenters. The first kappa shape index (κ1) is 19.8. The summed E-state index contributed by atoms with van der Waals surface area (Å²) in [6, 6.07) is 10.9. The number of anilines is 1. The van der Waals surface area contributed by atoms with E-state index in [1.165, 1.54) is 14.0 Å². The van der Waals surface area contributed by atoms with Gasteiger partial charge in [0.05, 0.1) is 19.2 Å². The quantitative estimate of drug-likeness (QED) is 0.773. The average molecular weight is 376 g/mol. The van der Waals surface area contributed by atoms with Gasteiger partial charge in [-0.15, -0.1) is 0 Å². The predicted octanol–water partition coefficient (Wildman–Crippen LogP) is 4.08. The number of hydrogen-bond donors (Lipinski definition) is 1. The number of carbonyl (C=O) groups is 2. The molecule has 2 aromatic carbocycles. The monoisotopic (exact) mass is 375 g/mol. The van der Waals surface area contributed by atoms with Gasteiger partial charge < -0.3 is 14.8 Å². The van der Waals surface area contributed by atoms with Crippen LogP contribution in [0.3, 0.4) is 0 Å². The van der Waals surface area contributed by atoms with E-state index in [1.807, 2.05) is 38.1 Å². The van der Waals surface area contributed by atoms with E-state index in [1.54, 1.807) is 12.1 Å². The van der Waals surface area contributed by atoms with E-state index in [2.05, 4.69) is 5.32 Å². The molecule has 0 saturated carbocycles. The van der Waals surface area contributed by atoms with Gasteiger partial charge in [-0.3, -0.25) is 9.59 Å². The number of nitrogens with one attached hydrogen (secondary N) is 1. The summed E-state index contributed by atoms with van der Waals surface area (Å²) >= 11 is 6.06. The highest BCUT2D eigenvalue weighted by Gasteiger charge is 2.20. The highest BCUT2D eigenvalue weighted by atomic mass is 35.5. The van der Waals surface area contributed by atoms with E-state index in [4.69, 9.17) is 21.1 Å². The van der Waals surface area contributed by atoms with Crippen molar-refractivity contribution in [1.29, 1.82) is 0 Å². The molecule has 0 saturated heterocycles. The summed E-state index contributed by atoms with van der Waals surface area (Å²) in [4.78, 5) is 24.4. The standard InChI is InChI=1S/C20H22ClNO4/c1-12-5-7-15(8-6-12)10-19(23)26-14(3)20(24)22-17-9-13(2)16(21)11-18(17)25-4/h5-9,11,14H,10H2,1-4H3,(H,22,24)/t14-/m1/s1. The van der Waals surface area contributed by atoms with Crippen LogP contribution in [0.5, 0.6) is 5.75 Å². The van der Waals surface area contributed by atoms with Crippen LogP contribution in [0, 0.1) is 13.8 Å². The lowest BCUT2D eigenvalue weighted by Gasteiger charge is -2.16. The Morgan fingerprint density at radius 3 is 2.42 bits per heavy atom. The fraction of sp³-hybridized carbons (Fsp3) is 0.300. The van der Waals surface area contributed by atoms with Crippen LogP contribution in [0.4, 0.5) is 5.69 Å². The van der Waals surface area contributed by atoms with Crippen molar-refractivity contribution >= 4 is 29.2 Å². The molecule has 5 nitrogen and oxygen atoms in total. The Bertz CT molecular complexity index is 802. The van der Waals surface area contributed by atoms with Crippen LogP contribution in [0.1, 0.15) is 23.6 Å². The predicted molar refractivity (Wildman–Crippen MR) is 102 cm³/mol. The van der Waals surface area contributed by atoms with E-state index in [0.717, 1.165) is 16.7 Å². The van der Waals surface area contributed by atoms with Gasteiger partial charge in [-0.2, -0.15) is 0 Å². The number of rotatable bonds is 6. The van der Waals surface area contributed by atoms with E-state index in [9.17, 15) is 9.59 Å². The highest BCUT2D eigenvalue weighted by molar-refractivity contribution is 6.31. The average Bonchev–Trinajstić information content (AvgIpc) is 2.59. The molecule has 0 aromatic heterocycles. The lowest BCUT2D eigenvalue weighted by atomic mass is 10.1. The molecule has 0 aliphatic rings. The molecule has 2 rings (SSSR count). The van der Waals surface area contributed by atoms with Gasteiger partial charge in [0.15, 0.2) is 6.10 Å². The number of ether oxygens (including phenoxy) is 2. The molecule has 138 valence electrons. The van der Waals surface area contributed by atoms with E-state index in [0.29, 0.717) is 16.5 Å². The van der Waals surface area contributed by atoms with Gasteiger partial charge in [-0.25, -0.2) is 0 Å². The summed E-state index contributed by atoms with van der Waals surface area (Å²) in [5.41, 5.74) is 3.22. The molecule has 0 spiro atoms. The van der Waals surface area contributed by atoms with Crippen molar-refractivity contribution in [3.63, 3.8) is 0 Å². The summed E-state index contributed by atoms with van der Waals surface area (Å²) in [7, 11) is 1.49. The van der Waals surface area contributed by atoms with Gasteiger partial charge >= 0.3 is 5.97 Å². The second kappa shape index (κ2) is 8.72. The zero-order valence-corrected chi connectivity index (χ0v) is 16.0. The number of esters is 1. The fourth-order valence-corrected chi connectivity index (χ4v) is 2.48. The maximum atomic E-state index is 12.3. The SMILES string of the molecule is COc1cc(Cl)c(C)cc1NC(=O)[C@@H](C)OC(=O)Cc1ccc(C)cc1. The van der Waals surface area contributed by atoms with Crippen molar-refractivity contribution in [2.75, 3.05) is 12.4 Å². The Balaban J connectivity index is 1.98. The molecule has 6 heteroatoms. The molecule has 1 amide bonds. The van der Waals surface area contributed by atoms with Crippen molar-refractivity contribution in [1.82, 2.24) is 0 Å². The molecule has 0 bridgehead atoms. The topological polar surface area (TPSA) is 64.6 Å². The minimum atomic E-state index is -0.936. The Hall–Kier alpha value is -2.53. The molecular weight excluding hydrogens is 354 g/mol. The van der Waals surface area contributed by atoms with Gasteiger partial charge in [0.25, 0.3) is 5.91 Å². The molecule has 0 heterocycles. The van der Waals surface area contributed by atoms with Crippen molar-refractivity contribution in [3.05, 3.63) is 58.1 Å². The van der Waals surface area contributed by atoms with Crippen LogP contribution in [0.2, 0.25) is 5.02 Å². The van der Waals surface area contributed by atoms with Crippen LogP contribution < -0.4 is 10.1 Å². The lowest BCUT2D eigenvalue weighted by Crippen LogP contribution is -2.30. The molecule has 2 aromatic rings. The second-order valence-electron chi connectivity index (χ2n) is 6.09. The van der Waals surface area contributed by atoms with Crippen molar-refractivity contribution in [2.45, 2.75) is 33.3 Å². The Morgan fingerprint density at radius 1 is 1.15 bits per heavy atom. The van der Waals surface area contributed by atoms with Gasteiger partial charge in [0, 0.05) is 11.1 Å². The summed E-state index contributed by atoms with van der Waals surface area (Å²) in [6.45, 7) is 5.32. The van der Waals surface area contributed by atoms with Crippen LogP contribution in [0.25, 0.3) is 0 Å². The zero-order chi connectivity index (χ0) is 19.3. The Kier molecular flexibility index (Phi) is 6.64. The lowest BCUT2D eigenvalue weighted by molar-refractivity contribution is -0.152. The number of amides is 1. The van der Waals surface area contributed by atoms with Crippen molar-refractivity contribution < 1.29 is 19.1 Å². The van der Waals surface area contributed by atoms with Gasteiger partial charge in [0.2, 0.25) is 0 Å². The zero-order valence-electron chi connectivity index (χ0n) is 15.3.